The summed E-state index contributed by atoms with van der Waals surface area (Å²) >= 11 is 0. The molecule has 0 saturated heterocycles. The standard InChI is InChI=1S/C22H21N9O/c1-3-32-21-5-4-15(14-24-21)12-19-28-29-20-13-16(8-11-31(19)20)17-6-9-23-22(26-17)27-18-7-10-25-30(18)2/h4-11,13-14H,3,12H2,1-2H3,(H,23,26,27). The van der Waals surface area contributed by atoms with Crippen LogP contribution in [0.4, 0.5) is 11.8 Å². The Hall–Kier alpha value is -4.34. The van der Waals surface area contributed by atoms with E-state index in [4.69, 9.17) is 4.74 Å². The number of anilines is 2. The summed E-state index contributed by atoms with van der Waals surface area (Å²) in [5, 5.41) is 16.0. The molecule has 160 valence electrons. The molecule has 5 aromatic rings. The zero-order chi connectivity index (χ0) is 21.9. The van der Waals surface area contributed by atoms with E-state index in [0.29, 0.717) is 24.9 Å². The molecular weight excluding hydrogens is 406 g/mol. The van der Waals surface area contributed by atoms with Crippen LogP contribution in [0, 0.1) is 0 Å². The third-order valence-corrected chi connectivity index (χ3v) is 4.94. The maximum absolute atomic E-state index is 5.40. The molecule has 0 saturated carbocycles. The van der Waals surface area contributed by atoms with E-state index in [2.05, 4.69) is 35.6 Å². The summed E-state index contributed by atoms with van der Waals surface area (Å²) in [7, 11) is 1.85. The lowest BCUT2D eigenvalue weighted by Crippen LogP contribution is -2.03. The summed E-state index contributed by atoms with van der Waals surface area (Å²) in [6.07, 6.45) is 7.81. The summed E-state index contributed by atoms with van der Waals surface area (Å²) in [5.41, 5.74) is 3.49. The van der Waals surface area contributed by atoms with Crippen LogP contribution in [-0.2, 0) is 13.5 Å². The van der Waals surface area contributed by atoms with E-state index in [9.17, 15) is 0 Å². The molecule has 0 spiro atoms. The van der Waals surface area contributed by atoms with Crippen molar-refractivity contribution in [3.05, 3.63) is 72.6 Å². The van der Waals surface area contributed by atoms with Crippen molar-refractivity contribution in [2.75, 3.05) is 11.9 Å². The summed E-state index contributed by atoms with van der Waals surface area (Å²) in [6, 6.07) is 11.5. The zero-order valence-electron chi connectivity index (χ0n) is 17.7. The molecule has 0 amide bonds. The quantitative estimate of drug-likeness (QED) is 0.422. The number of aromatic nitrogens is 8. The van der Waals surface area contributed by atoms with Crippen molar-refractivity contribution in [3.63, 3.8) is 0 Å². The Labute approximate surface area is 184 Å². The number of fused-ring (bicyclic) bond motifs is 1. The molecule has 0 aromatic carbocycles. The second kappa shape index (κ2) is 8.42. The molecule has 0 aliphatic rings. The number of hydrogen-bond acceptors (Lipinski definition) is 8. The Morgan fingerprint density at radius 3 is 2.75 bits per heavy atom. The first-order valence-electron chi connectivity index (χ1n) is 10.2. The van der Waals surface area contributed by atoms with Crippen molar-refractivity contribution in [3.8, 4) is 17.1 Å². The van der Waals surface area contributed by atoms with Gasteiger partial charge in [0.05, 0.1) is 18.5 Å². The number of pyridine rings is 2. The molecule has 0 aliphatic carbocycles. The number of nitrogens with zero attached hydrogens (tertiary/aromatic N) is 8. The minimum absolute atomic E-state index is 0.496. The Morgan fingerprint density at radius 1 is 1.03 bits per heavy atom. The van der Waals surface area contributed by atoms with Crippen molar-refractivity contribution in [1.29, 1.82) is 0 Å². The lowest BCUT2D eigenvalue weighted by atomic mass is 10.2. The van der Waals surface area contributed by atoms with Crippen LogP contribution < -0.4 is 10.1 Å². The SMILES string of the molecule is CCOc1ccc(Cc2nnc3cc(-c4ccnc(Nc5ccnn5C)n4)ccn23)cn1. The minimum Gasteiger partial charge on any atom is -0.478 e. The highest BCUT2D eigenvalue weighted by atomic mass is 16.5. The molecule has 10 nitrogen and oxygen atoms in total. The van der Waals surface area contributed by atoms with E-state index >= 15 is 0 Å². The number of nitrogens with one attached hydrogen (secondary N) is 1. The van der Waals surface area contributed by atoms with E-state index in [-0.39, 0.29) is 0 Å². The number of aryl methyl sites for hydroxylation is 1. The van der Waals surface area contributed by atoms with Crippen molar-refractivity contribution in [1.82, 2.24) is 39.3 Å². The van der Waals surface area contributed by atoms with Crippen LogP contribution in [0.5, 0.6) is 5.88 Å². The zero-order valence-corrected chi connectivity index (χ0v) is 17.7. The van der Waals surface area contributed by atoms with E-state index < -0.39 is 0 Å². The highest BCUT2D eigenvalue weighted by Crippen LogP contribution is 2.21. The average molecular weight is 427 g/mol. The maximum atomic E-state index is 5.40. The van der Waals surface area contributed by atoms with Gasteiger partial charge in [0.25, 0.3) is 0 Å². The molecule has 0 aliphatic heterocycles. The van der Waals surface area contributed by atoms with Crippen LogP contribution in [-0.4, -0.2) is 45.9 Å². The van der Waals surface area contributed by atoms with E-state index in [0.717, 1.165) is 34.1 Å². The Balaban J connectivity index is 1.38. The fourth-order valence-electron chi connectivity index (χ4n) is 3.34. The van der Waals surface area contributed by atoms with E-state index in [1.54, 1.807) is 23.3 Å². The summed E-state index contributed by atoms with van der Waals surface area (Å²) in [6.45, 7) is 2.53. The molecule has 0 radical (unpaired) electrons. The molecule has 0 atom stereocenters. The third-order valence-electron chi connectivity index (χ3n) is 4.94. The second-order valence-electron chi connectivity index (χ2n) is 7.10. The van der Waals surface area contributed by atoms with Gasteiger partial charge in [-0.1, -0.05) is 6.07 Å². The van der Waals surface area contributed by atoms with Gasteiger partial charge in [-0.05, 0) is 30.7 Å². The van der Waals surface area contributed by atoms with Crippen LogP contribution in [0.25, 0.3) is 16.9 Å². The van der Waals surface area contributed by atoms with Gasteiger partial charge in [-0.3, -0.25) is 9.08 Å². The van der Waals surface area contributed by atoms with Gasteiger partial charge in [-0.15, -0.1) is 10.2 Å². The predicted octanol–water partition coefficient (Wildman–Crippen LogP) is 3.05. The lowest BCUT2D eigenvalue weighted by molar-refractivity contribution is 0.326. The molecule has 0 unspecified atom stereocenters. The van der Waals surface area contributed by atoms with Crippen LogP contribution >= 0.6 is 0 Å². The third kappa shape index (κ3) is 3.97. The van der Waals surface area contributed by atoms with Gasteiger partial charge < -0.3 is 10.1 Å². The fourth-order valence-corrected chi connectivity index (χ4v) is 3.34. The largest absolute Gasteiger partial charge is 0.478 e. The molecule has 5 rings (SSSR count). The number of ether oxygens (including phenoxy) is 1. The van der Waals surface area contributed by atoms with Crippen molar-refractivity contribution < 1.29 is 4.74 Å². The molecule has 1 N–H and O–H groups in total. The summed E-state index contributed by atoms with van der Waals surface area (Å²) in [5.74, 6) is 2.76. The molecule has 32 heavy (non-hydrogen) atoms. The minimum atomic E-state index is 0.496. The van der Waals surface area contributed by atoms with Gasteiger partial charge in [0, 0.05) is 49.8 Å². The summed E-state index contributed by atoms with van der Waals surface area (Å²) < 4.78 is 9.09. The van der Waals surface area contributed by atoms with Crippen molar-refractivity contribution >= 4 is 17.4 Å². The van der Waals surface area contributed by atoms with Crippen LogP contribution in [0.3, 0.4) is 0 Å². The van der Waals surface area contributed by atoms with E-state index in [1.807, 2.05) is 61.0 Å². The number of hydrogen-bond donors (Lipinski definition) is 1. The fraction of sp³-hybridized carbons (Fsp3) is 0.182. The van der Waals surface area contributed by atoms with Crippen LogP contribution in [0.15, 0.2) is 61.2 Å². The lowest BCUT2D eigenvalue weighted by Gasteiger charge is -2.07. The first kappa shape index (κ1) is 19.6. The topological polar surface area (TPSA) is 108 Å². The smallest absolute Gasteiger partial charge is 0.228 e. The van der Waals surface area contributed by atoms with Crippen molar-refractivity contribution in [2.24, 2.45) is 7.05 Å². The first-order chi connectivity index (χ1) is 15.7. The summed E-state index contributed by atoms with van der Waals surface area (Å²) in [4.78, 5) is 13.2. The average Bonchev–Trinajstić information content (AvgIpc) is 3.41. The molecular formula is C22H21N9O. The van der Waals surface area contributed by atoms with Crippen LogP contribution in [0.1, 0.15) is 18.3 Å². The number of rotatable bonds is 7. The van der Waals surface area contributed by atoms with Crippen molar-refractivity contribution in [2.45, 2.75) is 13.3 Å². The Kier molecular flexibility index (Phi) is 5.16. The van der Waals surface area contributed by atoms with E-state index in [1.165, 1.54) is 0 Å². The molecule has 0 bridgehead atoms. The van der Waals surface area contributed by atoms with Gasteiger partial charge in [0.2, 0.25) is 11.8 Å². The van der Waals surface area contributed by atoms with Gasteiger partial charge >= 0.3 is 0 Å². The Bertz CT molecular complexity index is 1360. The molecule has 10 heteroatoms. The monoisotopic (exact) mass is 427 g/mol. The normalized spacial score (nSPS) is 11.1. The predicted molar refractivity (Wildman–Crippen MR) is 119 cm³/mol. The van der Waals surface area contributed by atoms with Crippen LogP contribution in [0.2, 0.25) is 0 Å². The maximum Gasteiger partial charge on any atom is 0.228 e. The van der Waals surface area contributed by atoms with Gasteiger partial charge in [0.1, 0.15) is 11.6 Å². The molecule has 5 aromatic heterocycles. The molecule has 5 heterocycles. The molecule has 0 fully saturated rings. The van der Waals surface area contributed by atoms with Gasteiger partial charge in [-0.2, -0.15) is 5.10 Å². The Morgan fingerprint density at radius 2 is 1.97 bits per heavy atom. The second-order valence-corrected chi connectivity index (χ2v) is 7.10. The van der Waals surface area contributed by atoms with Gasteiger partial charge in [-0.25, -0.2) is 15.0 Å². The highest BCUT2D eigenvalue weighted by Gasteiger charge is 2.10. The highest BCUT2D eigenvalue weighted by molar-refractivity contribution is 5.65. The van der Waals surface area contributed by atoms with Gasteiger partial charge in [0.15, 0.2) is 5.65 Å². The first-order valence-corrected chi connectivity index (χ1v) is 10.2.